The first-order valence-electron chi connectivity index (χ1n) is 6.49. The van der Waals surface area contributed by atoms with Gasteiger partial charge in [0.05, 0.1) is 11.1 Å². The summed E-state index contributed by atoms with van der Waals surface area (Å²) >= 11 is 0. The third-order valence-corrected chi connectivity index (χ3v) is 4.15. The summed E-state index contributed by atoms with van der Waals surface area (Å²) in [6.07, 6.45) is 0.418. The van der Waals surface area contributed by atoms with Gasteiger partial charge >= 0.3 is 0 Å². The number of carbonyl (C=O) groups is 2. The first-order chi connectivity index (χ1) is 8.91. The third-order valence-electron chi connectivity index (χ3n) is 4.15. The van der Waals surface area contributed by atoms with Gasteiger partial charge in [0.2, 0.25) is 0 Å². The number of nitrogens with zero attached hydrogens (tertiary/aromatic N) is 1. The van der Waals surface area contributed by atoms with Crippen LogP contribution in [0.4, 0.5) is 0 Å². The van der Waals surface area contributed by atoms with Crippen molar-refractivity contribution in [3.63, 3.8) is 0 Å². The number of fused-ring (bicyclic) bond motifs is 1. The average molecular weight is 261 g/mol. The minimum Gasteiger partial charge on any atom is -0.396 e. The maximum absolute atomic E-state index is 12.4. The van der Waals surface area contributed by atoms with E-state index in [1.54, 1.807) is 0 Å². The highest BCUT2D eigenvalue weighted by Gasteiger charge is 2.38. The minimum atomic E-state index is -0.225. The molecule has 1 aromatic carbocycles. The van der Waals surface area contributed by atoms with E-state index in [9.17, 15) is 9.59 Å². The lowest BCUT2D eigenvalue weighted by atomic mass is 9.90. The SMILES string of the molecule is Cc1c(C)c(C)c2c(c1C)C(=O)N(CCCO)C2=O. The van der Waals surface area contributed by atoms with Gasteiger partial charge in [-0.3, -0.25) is 14.5 Å². The molecular formula is C15H19NO3. The number of aliphatic hydroxyl groups is 1. The van der Waals surface area contributed by atoms with E-state index in [0.29, 0.717) is 17.5 Å². The van der Waals surface area contributed by atoms with E-state index in [-0.39, 0.29) is 25.0 Å². The third kappa shape index (κ3) is 1.87. The van der Waals surface area contributed by atoms with Gasteiger partial charge in [-0.2, -0.15) is 0 Å². The molecule has 19 heavy (non-hydrogen) atoms. The molecule has 1 aromatic rings. The average Bonchev–Trinajstić information content (AvgIpc) is 2.63. The smallest absolute Gasteiger partial charge is 0.261 e. The Bertz CT molecular complexity index is 528. The van der Waals surface area contributed by atoms with E-state index in [2.05, 4.69) is 0 Å². The van der Waals surface area contributed by atoms with Crippen LogP contribution in [0, 0.1) is 27.7 Å². The van der Waals surface area contributed by atoms with E-state index < -0.39 is 0 Å². The Kier molecular flexibility index (Phi) is 3.45. The molecule has 0 aliphatic carbocycles. The Balaban J connectivity index is 2.59. The summed E-state index contributed by atoms with van der Waals surface area (Å²) in [4.78, 5) is 26.0. The summed E-state index contributed by atoms with van der Waals surface area (Å²) in [5, 5.41) is 8.86. The maximum atomic E-state index is 12.4. The number of aliphatic hydroxyl groups excluding tert-OH is 1. The van der Waals surface area contributed by atoms with Crippen molar-refractivity contribution < 1.29 is 14.7 Å². The molecule has 0 saturated carbocycles. The zero-order valence-electron chi connectivity index (χ0n) is 11.8. The fraction of sp³-hybridized carbons (Fsp3) is 0.467. The van der Waals surface area contributed by atoms with Gasteiger partial charge < -0.3 is 5.11 Å². The van der Waals surface area contributed by atoms with Crippen LogP contribution in [-0.4, -0.2) is 35.0 Å². The monoisotopic (exact) mass is 261 g/mol. The Morgan fingerprint density at radius 1 is 0.842 bits per heavy atom. The van der Waals surface area contributed by atoms with Crippen LogP contribution in [0.15, 0.2) is 0 Å². The molecule has 1 heterocycles. The Hall–Kier alpha value is -1.68. The predicted octanol–water partition coefficient (Wildman–Crippen LogP) is 1.90. The van der Waals surface area contributed by atoms with Crippen molar-refractivity contribution in [1.29, 1.82) is 0 Å². The van der Waals surface area contributed by atoms with Crippen molar-refractivity contribution in [2.24, 2.45) is 0 Å². The number of carbonyl (C=O) groups excluding carboxylic acids is 2. The maximum Gasteiger partial charge on any atom is 0.261 e. The van der Waals surface area contributed by atoms with Gasteiger partial charge in [-0.25, -0.2) is 0 Å². The number of rotatable bonds is 3. The second kappa shape index (κ2) is 4.78. The minimum absolute atomic E-state index is 0.0244. The number of amides is 2. The molecule has 0 saturated heterocycles. The standard InChI is InChI=1S/C15H19NO3/c1-8-9(2)11(4)13-12(10(8)3)14(18)16(15(13)19)6-5-7-17/h17H,5-7H2,1-4H3. The molecule has 2 rings (SSSR count). The molecule has 102 valence electrons. The molecule has 4 heteroatoms. The van der Waals surface area contributed by atoms with Crippen LogP contribution in [0.3, 0.4) is 0 Å². The molecule has 0 unspecified atom stereocenters. The summed E-state index contributed by atoms with van der Waals surface area (Å²) in [6, 6.07) is 0. The molecule has 1 N–H and O–H groups in total. The summed E-state index contributed by atoms with van der Waals surface area (Å²) in [6.45, 7) is 7.99. The highest BCUT2D eigenvalue weighted by atomic mass is 16.3. The zero-order chi connectivity index (χ0) is 14.3. The molecule has 0 fully saturated rings. The van der Waals surface area contributed by atoms with Crippen LogP contribution in [-0.2, 0) is 0 Å². The van der Waals surface area contributed by atoms with Gasteiger partial charge in [0.15, 0.2) is 0 Å². The van der Waals surface area contributed by atoms with Crippen molar-refractivity contribution in [3.05, 3.63) is 33.4 Å². The zero-order valence-corrected chi connectivity index (χ0v) is 11.8. The molecule has 0 bridgehead atoms. The number of hydrogen-bond acceptors (Lipinski definition) is 3. The molecule has 0 spiro atoms. The Labute approximate surface area is 113 Å². The van der Waals surface area contributed by atoms with E-state index in [4.69, 9.17) is 5.11 Å². The molecule has 1 aliphatic heterocycles. The summed E-state index contributed by atoms with van der Waals surface area (Å²) in [5.74, 6) is -0.450. The molecule has 2 amide bonds. The van der Waals surface area contributed by atoms with Crippen LogP contribution in [0.2, 0.25) is 0 Å². The number of hydrogen-bond donors (Lipinski definition) is 1. The topological polar surface area (TPSA) is 57.6 Å². The number of benzene rings is 1. The highest BCUT2D eigenvalue weighted by Crippen LogP contribution is 2.33. The van der Waals surface area contributed by atoms with Crippen LogP contribution in [0.1, 0.15) is 49.4 Å². The molecule has 1 aliphatic rings. The summed E-state index contributed by atoms with van der Waals surface area (Å²) in [5.41, 5.74) is 5.01. The largest absolute Gasteiger partial charge is 0.396 e. The fourth-order valence-corrected chi connectivity index (χ4v) is 2.64. The fourth-order valence-electron chi connectivity index (χ4n) is 2.64. The predicted molar refractivity (Wildman–Crippen MR) is 72.5 cm³/mol. The molecule has 0 aromatic heterocycles. The van der Waals surface area contributed by atoms with E-state index in [1.165, 1.54) is 4.90 Å². The van der Waals surface area contributed by atoms with Crippen molar-refractivity contribution in [3.8, 4) is 0 Å². The van der Waals surface area contributed by atoms with Crippen LogP contribution < -0.4 is 0 Å². The first-order valence-corrected chi connectivity index (χ1v) is 6.49. The second-order valence-electron chi connectivity index (χ2n) is 5.09. The van der Waals surface area contributed by atoms with Crippen molar-refractivity contribution in [1.82, 2.24) is 4.90 Å². The molecule has 0 atom stereocenters. The van der Waals surface area contributed by atoms with Gasteiger partial charge in [-0.1, -0.05) is 0 Å². The van der Waals surface area contributed by atoms with E-state index in [0.717, 1.165) is 22.3 Å². The lowest BCUT2D eigenvalue weighted by Gasteiger charge is -2.12. The summed E-state index contributed by atoms with van der Waals surface area (Å²) < 4.78 is 0. The molecule has 4 nitrogen and oxygen atoms in total. The van der Waals surface area contributed by atoms with Crippen LogP contribution in [0.5, 0.6) is 0 Å². The first kappa shape index (κ1) is 13.7. The quantitative estimate of drug-likeness (QED) is 0.845. The number of imide groups is 1. The second-order valence-corrected chi connectivity index (χ2v) is 5.09. The highest BCUT2D eigenvalue weighted by molar-refractivity contribution is 6.23. The van der Waals surface area contributed by atoms with E-state index in [1.807, 2.05) is 27.7 Å². The van der Waals surface area contributed by atoms with Gasteiger partial charge in [-0.05, 0) is 56.4 Å². The van der Waals surface area contributed by atoms with Gasteiger partial charge in [-0.15, -0.1) is 0 Å². The Morgan fingerprint density at radius 3 is 1.63 bits per heavy atom. The van der Waals surface area contributed by atoms with Gasteiger partial charge in [0.25, 0.3) is 11.8 Å². The molecular weight excluding hydrogens is 242 g/mol. The lowest BCUT2D eigenvalue weighted by Crippen LogP contribution is -2.31. The van der Waals surface area contributed by atoms with Gasteiger partial charge in [0.1, 0.15) is 0 Å². The summed E-state index contributed by atoms with van der Waals surface area (Å²) in [7, 11) is 0. The van der Waals surface area contributed by atoms with E-state index >= 15 is 0 Å². The lowest BCUT2D eigenvalue weighted by molar-refractivity contribution is 0.0645. The van der Waals surface area contributed by atoms with Gasteiger partial charge in [0, 0.05) is 13.2 Å². The van der Waals surface area contributed by atoms with Crippen LogP contribution in [0.25, 0.3) is 0 Å². The van der Waals surface area contributed by atoms with Crippen LogP contribution >= 0.6 is 0 Å². The Morgan fingerprint density at radius 2 is 1.26 bits per heavy atom. The van der Waals surface area contributed by atoms with Crippen molar-refractivity contribution in [2.75, 3.05) is 13.2 Å². The van der Waals surface area contributed by atoms with Crippen molar-refractivity contribution >= 4 is 11.8 Å². The molecule has 0 radical (unpaired) electrons. The van der Waals surface area contributed by atoms with Crippen molar-refractivity contribution in [2.45, 2.75) is 34.1 Å². The normalized spacial score (nSPS) is 14.3.